The van der Waals surface area contributed by atoms with Crippen molar-refractivity contribution < 1.29 is 5.11 Å². The van der Waals surface area contributed by atoms with Crippen molar-refractivity contribution >= 4 is 44.8 Å². The summed E-state index contributed by atoms with van der Waals surface area (Å²) in [6.07, 6.45) is -0.423. The molecule has 0 saturated heterocycles. The zero-order chi connectivity index (χ0) is 10.7. The lowest BCUT2D eigenvalue weighted by molar-refractivity contribution is 0.208. The molecule has 0 aliphatic heterocycles. The molecule has 0 fully saturated rings. The quantitative estimate of drug-likeness (QED) is 0.837. The summed E-state index contributed by atoms with van der Waals surface area (Å²) in [7, 11) is 0. The topological polar surface area (TPSA) is 32.3 Å². The largest absolute Gasteiger partial charge is 0.392 e. The van der Waals surface area contributed by atoms with Crippen molar-refractivity contribution in [3.63, 3.8) is 0 Å². The Kier molecular flexibility index (Phi) is 4.51. The normalized spacial score (nSPS) is 12.6. The van der Waals surface area contributed by atoms with Gasteiger partial charge in [0.15, 0.2) is 0 Å². The van der Waals surface area contributed by atoms with Crippen LogP contribution in [0.15, 0.2) is 16.6 Å². The molecule has 1 aromatic rings. The summed E-state index contributed by atoms with van der Waals surface area (Å²) in [5.41, 5.74) is 0.723. The second kappa shape index (κ2) is 5.21. The molecule has 2 nitrogen and oxygen atoms in total. The Morgan fingerprint density at radius 2 is 2.07 bits per heavy atom. The summed E-state index contributed by atoms with van der Waals surface area (Å²) in [4.78, 5) is 0. The van der Waals surface area contributed by atoms with Crippen LogP contribution in [-0.4, -0.2) is 17.8 Å². The molecule has 0 heterocycles. The van der Waals surface area contributed by atoms with Gasteiger partial charge in [-0.05, 0) is 35.0 Å². The zero-order valence-corrected chi connectivity index (χ0v) is 10.6. The van der Waals surface area contributed by atoms with E-state index in [9.17, 15) is 0 Å². The second-order valence-electron chi connectivity index (χ2n) is 2.95. The van der Waals surface area contributed by atoms with E-state index in [1.807, 2.05) is 0 Å². The number of halogens is 3. The van der Waals surface area contributed by atoms with Crippen LogP contribution in [0.4, 0.5) is 5.69 Å². The van der Waals surface area contributed by atoms with Gasteiger partial charge < -0.3 is 10.4 Å². The van der Waals surface area contributed by atoms with E-state index >= 15 is 0 Å². The molecule has 78 valence electrons. The Balaban J connectivity index is 2.83. The zero-order valence-electron chi connectivity index (χ0n) is 7.52. The molecule has 0 bridgehead atoms. The minimum atomic E-state index is -0.423. The Bertz CT molecular complexity index is 331. The molecule has 0 spiro atoms. The van der Waals surface area contributed by atoms with Crippen molar-refractivity contribution in [2.24, 2.45) is 0 Å². The molecule has 2 N–H and O–H groups in total. The highest BCUT2D eigenvalue weighted by Crippen LogP contribution is 2.35. The van der Waals surface area contributed by atoms with Gasteiger partial charge in [-0.15, -0.1) is 0 Å². The van der Waals surface area contributed by atoms with Gasteiger partial charge in [-0.2, -0.15) is 0 Å². The predicted octanol–water partition coefficient (Wildman–Crippen LogP) is 3.55. The Morgan fingerprint density at radius 1 is 1.43 bits per heavy atom. The van der Waals surface area contributed by atoms with E-state index in [0.29, 0.717) is 16.6 Å². The lowest BCUT2D eigenvalue weighted by Crippen LogP contribution is -2.15. The van der Waals surface area contributed by atoms with Gasteiger partial charge in [-0.3, -0.25) is 0 Å². The fraction of sp³-hybridized carbons (Fsp3) is 0.333. The van der Waals surface area contributed by atoms with Crippen LogP contribution < -0.4 is 5.32 Å². The SMILES string of the molecule is CC(O)CNc1ccc(Br)c(Cl)c1Cl. The van der Waals surface area contributed by atoms with Crippen molar-refractivity contribution in [2.75, 3.05) is 11.9 Å². The van der Waals surface area contributed by atoms with Crippen molar-refractivity contribution in [1.29, 1.82) is 0 Å². The monoisotopic (exact) mass is 297 g/mol. The van der Waals surface area contributed by atoms with Gasteiger partial charge >= 0.3 is 0 Å². The smallest absolute Gasteiger partial charge is 0.0835 e. The maximum absolute atomic E-state index is 9.08. The lowest BCUT2D eigenvalue weighted by Gasteiger charge is -2.11. The van der Waals surface area contributed by atoms with E-state index in [-0.39, 0.29) is 0 Å². The van der Waals surface area contributed by atoms with Crippen LogP contribution >= 0.6 is 39.1 Å². The second-order valence-corrected chi connectivity index (χ2v) is 4.56. The van der Waals surface area contributed by atoms with E-state index in [4.69, 9.17) is 28.3 Å². The van der Waals surface area contributed by atoms with E-state index in [2.05, 4.69) is 21.2 Å². The van der Waals surface area contributed by atoms with Gasteiger partial charge in [0.1, 0.15) is 0 Å². The first-order valence-corrected chi connectivity index (χ1v) is 5.62. The highest BCUT2D eigenvalue weighted by Gasteiger charge is 2.08. The van der Waals surface area contributed by atoms with Crippen LogP contribution in [0.5, 0.6) is 0 Å². The maximum atomic E-state index is 9.08. The van der Waals surface area contributed by atoms with Gasteiger partial charge in [0.2, 0.25) is 0 Å². The standard InChI is InChI=1S/C9H10BrCl2NO/c1-5(14)4-13-7-3-2-6(10)8(11)9(7)12/h2-3,5,13-14H,4H2,1H3. The third-order valence-corrected chi connectivity index (χ3v) is 3.39. The van der Waals surface area contributed by atoms with Crippen molar-refractivity contribution in [1.82, 2.24) is 0 Å². The molecule has 0 amide bonds. The fourth-order valence-electron chi connectivity index (χ4n) is 0.920. The summed E-state index contributed by atoms with van der Waals surface area (Å²) in [6.45, 7) is 2.14. The molecule has 1 rings (SSSR count). The van der Waals surface area contributed by atoms with Crippen molar-refractivity contribution in [2.45, 2.75) is 13.0 Å². The minimum Gasteiger partial charge on any atom is -0.392 e. The molecule has 0 aliphatic carbocycles. The number of nitrogens with one attached hydrogen (secondary N) is 1. The summed E-state index contributed by atoms with van der Waals surface area (Å²) >= 11 is 15.2. The number of rotatable bonds is 3. The number of hydrogen-bond donors (Lipinski definition) is 2. The number of aliphatic hydroxyl groups is 1. The van der Waals surface area contributed by atoms with Gasteiger partial charge in [0.05, 0.1) is 21.8 Å². The third kappa shape index (κ3) is 3.02. The molecule has 14 heavy (non-hydrogen) atoms. The van der Waals surface area contributed by atoms with E-state index in [0.717, 1.165) is 10.2 Å². The summed E-state index contributed by atoms with van der Waals surface area (Å²) in [6, 6.07) is 3.61. The Labute approximate surface area is 101 Å². The fourth-order valence-corrected chi connectivity index (χ4v) is 1.76. The first-order chi connectivity index (χ1) is 6.52. The Morgan fingerprint density at radius 3 is 2.64 bits per heavy atom. The molecular formula is C9H10BrCl2NO. The molecule has 1 unspecified atom stereocenters. The van der Waals surface area contributed by atoms with Crippen LogP contribution in [0.2, 0.25) is 10.0 Å². The highest BCUT2D eigenvalue weighted by molar-refractivity contribution is 9.10. The molecule has 0 aliphatic rings. The van der Waals surface area contributed by atoms with E-state index < -0.39 is 6.10 Å². The number of hydrogen-bond acceptors (Lipinski definition) is 2. The van der Waals surface area contributed by atoms with Crippen LogP contribution in [0.1, 0.15) is 6.92 Å². The minimum absolute atomic E-state index is 0.423. The Hall–Kier alpha value is 0.0400. The van der Waals surface area contributed by atoms with E-state index in [1.165, 1.54) is 0 Å². The van der Waals surface area contributed by atoms with Gasteiger partial charge in [0.25, 0.3) is 0 Å². The van der Waals surface area contributed by atoms with E-state index in [1.54, 1.807) is 19.1 Å². The molecule has 0 aromatic heterocycles. The van der Waals surface area contributed by atoms with Crippen LogP contribution in [-0.2, 0) is 0 Å². The molecule has 1 atom stereocenters. The molecule has 0 saturated carbocycles. The lowest BCUT2D eigenvalue weighted by atomic mass is 10.3. The first-order valence-electron chi connectivity index (χ1n) is 4.07. The van der Waals surface area contributed by atoms with Gasteiger partial charge in [0, 0.05) is 11.0 Å². The van der Waals surface area contributed by atoms with Gasteiger partial charge in [-0.1, -0.05) is 23.2 Å². The third-order valence-electron chi connectivity index (χ3n) is 1.62. The number of benzene rings is 1. The highest BCUT2D eigenvalue weighted by atomic mass is 79.9. The molecule has 5 heteroatoms. The van der Waals surface area contributed by atoms with Crippen LogP contribution in [0, 0.1) is 0 Å². The van der Waals surface area contributed by atoms with Gasteiger partial charge in [-0.25, -0.2) is 0 Å². The molecule has 0 radical (unpaired) electrons. The predicted molar refractivity (Wildman–Crippen MR) is 64.3 cm³/mol. The van der Waals surface area contributed by atoms with Crippen molar-refractivity contribution in [3.8, 4) is 0 Å². The maximum Gasteiger partial charge on any atom is 0.0835 e. The summed E-state index contributed by atoms with van der Waals surface area (Å²) < 4.78 is 0.756. The van der Waals surface area contributed by atoms with Crippen LogP contribution in [0.3, 0.4) is 0 Å². The summed E-state index contributed by atoms with van der Waals surface area (Å²) in [5.74, 6) is 0. The number of anilines is 1. The summed E-state index contributed by atoms with van der Waals surface area (Å²) in [5, 5.41) is 13.0. The number of aliphatic hydroxyl groups excluding tert-OH is 1. The molecule has 1 aromatic carbocycles. The average Bonchev–Trinajstić information content (AvgIpc) is 2.13. The van der Waals surface area contributed by atoms with Crippen LogP contribution in [0.25, 0.3) is 0 Å². The van der Waals surface area contributed by atoms with Crippen molar-refractivity contribution in [3.05, 3.63) is 26.7 Å². The first kappa shape index (κ1) is 12.1. The average molecular weight is 299 g/mol. The molecular weight excluding hydrogens is 289 g/mol.